The smallest absolute Gasteiger partial charge is 0.280 e. The van der Waals surface area contributed by atoms with Crippen LogP contribution in [0.1, 0.15) is 18.9 Å². The first-order chi connectivity index (χ1) is 13.9. The zero-order chi connectivity index (χ0) is 20.9. The molecule has 0 aliphatic carbocycles. The van der Waals surface area contributed by atoms with Gasteiger partial charge in [-0.25, -0.2) is 18.1 Å². The molecule has 1 aromatic heterocycles. The molecule has 3 rings (SSSR count). The number of carbonyl (C=O) groups is 1. The number of hydrogen-bond acceptors (Lipinski definition) is 8. The van der Waals surface area contributed by atoms with Crippen molar-refractivity contribution < 1.29 is 27.2 Å². The lowest BCUT2D eigenvalue weighted by molar-refractivity contribution is -0.110. The standard InChI is InChI=1S/C17H19FN4O5S2/c1-2-20-29(24,25)13-5-3-11(4-6-13)15(22-27-12-7-8-26-10-12)16(23)21-17-19-9-14(18)28-17/h3-6,9,12,20H,2,7-8,10H2,1H3,(H,19,21,23)/b22-15+/t12-/m1/s1. The van der Waals surface area contributed by atoms with E-state index in [0.717, 1.165) is 6.20 Å². The van der Waals surface area contributed by atoms with Gasteiger partial charge < -0.3 is 9.57 Å². The Labute approximate surface area is 171 Å². The van der Waals surface area contributed by atoms with E-state index in [0.29, 0.717) is 36.5 Å². The average molecular weight is 442 g/mol. The van der Waals surface area contributed by atoms with Crippen LogP contribution in [0.5, 0.6) is 0 Å². The first-order valence-electron chi connectivity index (χ1n) is 8.73. The number of benzene rings is 1. The summed E-state index contributed by atoms with van der Waals surface area (Å²) in [5.41, 5.74) is 0.230. The van der Waals surface area contributed by atoms with Gasteiger partial charge in [-0.1, -0.05) is 35.5 Å². The number of ether oxygens (including phenoxy) is 1. The van der Waals surface area contributed by atoms with E-state index in [1.54, 1.807) is 6.92 Å². The third-order valence-electron chi connectivity index (χ3n) is 3.87. The van der Waals surface area contributed by atoms with Crippen LogP contribution in [0.15, 0.2) is 40.5 Å². The Balaban J connectivity index is 1.85. The lowest BCUT2D eigenvalue weighted by Gasteiger charge is -2.10. The molecule has 2 N–H and O–H groups in total. The molecule has 2 aromatic rings. The van der Waals surface area contributed by atoms with Gasteiger partial charge in [-0.2, -0.15) is 4.39 Å². The van der Waals surface area contributed by atoms with Crippen LogP contribution in [0.3, 0.4) is 0 Å². The monoisotopic (exact) mass is 442 g/mol. The van der Waals surface area contributed by atoms with Gasteiger partial charge >= 0.3 is 0 Å². The first kappa shape index (κ1) is 21.3. The van der Waals surface area contributed by atoms with E-state index in [1.807, 2.05) is 0 Å². The number of nitrogens with zero attached hydrogens (tertiary/aromatic N) is 2. The van der Waals surface area contributed by atoms with E-state index < -0.39 is 21.1 Å². The van der Waals surface area contributed by atoms with Crippen LogP contribution in [-0.4, -0.2) is 50.9 Å². The predicted octanol–water partition coefficient (Wildman–Crippen LogP) is 1.73. The van der Waals surface area contributed by atoms with Gasteiger partial charge in [0.15, 0.2) is 22.1 Å². The summed E-state index contributed by atoms with van der Waals surface area (Å²) in [5.74, 6) is -0.666. The van der Waals surface area contributed by atoms with Crippen molar-refractivity contribution in [1.29, 1.82) is 0 Å². The highest BCUT2D eigenvalue weighted by molar-refractivity contribution is 7.89. The fourth-order valence-corrected chi connectivity index (χ4v) is 4.06. The SMILES string of the molecule is CCNS(=O)(=O)c1ccc(/C(=N\O[C@@H]2CCOC2)C(=O)Nc2ncc(F)s2)cc1. The number of halogens is 1. The normalized spacial score (nSPS) is 17.3. The van der Waals surface area contributed by atoms with Crippen molar-refractivity contribution in [3.05, 3.63) is 41.2 Å². The number of thiazole rings is 1. The van der Waals surface area contributed by atoms with Crippen LogP contribution in [0.2, 0.25) is 0 Å². The number of aromatic nitrogens is 1. The van der Waals surface area contributed by atoms with Crippen molar-refractivity contribution in [1.82, 2.24) is 9.71 Å². The van der Waals surface area contributed by atoms with E-state index in [4.69, 9.17) is 9.57 Å². The highest BCUT2D eigenvalue weighted by Gasteiger charge is 2.22. The first-order valence-corrected chi connectivity index (χ1v) is 11.0. The molecule has 0 unspecified atom stereocenters. The molecule has 1 saturated heterocycles. The number of sulfonamides is 1. The van der Waals surface area contributed by atoms with Crippen LogP contribution in [-0.2, 0) is 24.4 Å². The number of anilines is 1. The van der Waals surface area contributed by atoms with Crippen LogP contribution in [0, 0.1) is 5.13 Å². The quantitative estimate of drug-likeness (QED) is 0.475. The molecule has 1 fully saturated rings. The predicted molar refractivity (Wildman–Crippen MR) is 105 cm³/mol. The average Bonchev–Trinajstić information content (AvgIpc) is 3.34. The molecule has 1 aromatic carbocycles. The fraction of sp³-hybridized carbons (Fsp3) is 0.353. The summed E-state index contributed by atoms with van der Waals surface area (Å²) in [6, 6.07) is 5.61. The molecular weight excluding hydrogens is 423 g/mol. The summed E-state index contributed by atoms with van der Waals surface area (Å²) in [4.78, 5) is 21.9. The molecule has 1 atom stereocenters. The zero-order valence-corrected chi connectivity index (χ0v) is 17.1. The lowest BCUT2D eigenvalue weighted by atomic mass is 10.1. The zero-order valence-electron chi connectivity index (χ0n) is 15.4. The lowest BCUT2D eigenvalue weighted by Crippen LogP contribution is -2.26. The second kappa shape index (κ2) is 9.39. The van der Waals surface area contributed by atoms with Crippen molar-refractivity contribution in [2.24, 2.45) is 5.16 Å². The summed E-state index contributed by atoms with van der Waals surface area (Å²) in [6.45, 7) is 2.82. The van der Waals surface area contributed by atoms with Gasteiger partial charge in [0, 0.05) is 18.5 Å². The molecule has 156 valence electrons. The van der Waals surface area contributed by atoms with E-state index in [1.165, 1.54) is 24.3 Å². The fourth-order valence-electron chi connectivity index (χ4n) is 2.48. The van der Waals surface area contributed by atoms with Gasteiger partial charge in [-0.3, -0.25) is 10.1 Å². The van der Waals surface area contributed by atoms with Gasteiger partial charge in [-0.05, 0) is 12.1 Å². The summed E-state index contributed by atoms with van der Waals surface area (Å²) in [6.07, 6.45) is 1.34. The minimum atomic E-state index is -3.63. The highest BCUT2D eigenvalue weighted by atomic mass is 32.2. The van der Waals surface area contributed by atoms with Gasteiger partial charge in [0.1, 0.15) is 0 Å². The van der Waals surface area contributed by atoms with Crippen LogP contribution in [0.25, 0.3) is 0 Å². The maximum Gasteiger partial charge on any atom is 0.280 e. The number of nitrogens with one attached hydrogen (secondary N) is 2. The summed E-state index contributed by atoms with van der Waals surface area (Å²) in [7, 11) is -3.63. The largest absolute Gasteiger partial charge is 0.389 e. The number of hydrogen-bond donors (Lipinski definition) is 2. The summed E-state index contributed by atoms with van der Waals surface area (Å²) in [5, 5.41) is 5.93. The van der Waals surface area contributed by atoms with Crippen molar-refractivity contribution in [2.75, 3.05) is 25.1 Å². The molecule has 12 heteroatoms. The second-order valence-electron chi connectivity index (χ2n) is 5.98. The molecule has 0 bridgehead atoms. The van der Waals surface area contributed by atoms with Gasteiger partial charge in [-0.15, -0.1) is 0 Å². The maximum atomic E-state index is 13.1. The van der Waals surface area contributed by atoms with Crippen LogP contribution < -0.4 is 10.0 Å². The molecular formula is C17H19FN4O5S2. The molecule has 0 radical (unpaired) electrons. The number of oxime groups is 1. The van der Waals surface area contributed by atoms with Gasteiger partial charge in [0.05, 0.1) is 24.3 Å². The van der Waals surface area contributed by atoms with Crippen LogP contribution >= 0.6 is 11.3 Å². The van der Waals surface area contributed by atoms with E-state index in [-0.39, 0.29) is 28.4 Å². The number of rotatable bonds is 8. The molecule has 0 saturated carbocycles. The second-order valence-corrected chi connectivity index (χ2v) is 8.73. The molecule has 1 aliphatic heterocycles. The van der Waals surface area contributed by atoms with Crippen molar-refractivity contribution in [3.63, 3.8) is 0 Å². The number of amides is 1. The van der Waals surface area contributed by atoms with Crippen molar-refractivity contribution in [2.45, 2.75) is 24.3 Å². The highest BCUT2D eigenvalue weighted by Crippen LogP contribution is 2.18. The van der Waals surface area contributed by atoms with Crippen molar-refractivity contribution >= 4 is 38.1 Å². The Bertz CT molecular complexity index is 986. The Morgan fingerprint density at radius 3 is 2.76 bits per heavy atom. The third kappa shape index (κ3) is 5.56. The molecule has 1 amide bonds. The maximum absolute atomic E-state index is 13.1. The van der Waals surface area contributed by atoms with E-state index in [9.17, 15) is 17.6 Å². The van der Waals surface area contributed by atoms with Gasteiger partial charge in [0.25, 0.3) is 5.91 Å². The van der Waals surface area contributed by atoms with E-state index in [2.05, 4.69) is 20.2 Å². The third-order valence-corrected chi connectivity index (χ3v) is 6.13. The Morgan fingerprint density at radius 1 is 1.41 bits per heavy atom. The summed E-state index contributed by atoms with van der Waals surface area (Å²) >= 11 is 0.670. The van der Waals surface area contributed by atoms with Gasteiger partial charge in [0.2, 0.25) is 10.0 Å². The molecule has 9 nitrogen and oxygen atoms in total. The Hall–Kier alpha value is -2.41. The van der Waals surface area contributed by atoms with Crippen LogP contribution in [0.4, 0.5) is 9.52 Å². The molecule has 1 aliphatic rings. The minimum Gasteiger partial charge on any atom is -0.389 e. The number of carbonyl (C=O) groups excluding carboxylic acids is 1. The molecule has 29 heavy (non-hydrogen) atoms. The molecule has 2 heterocycles. The Kier molecular flexibility index (Phi) is 6.90. The summed E-state index contributed by atoms with van der Waals surface area (Å²) < 4.78 is 44.9. The topological polar surface area (TPSA) is 119 Å². The van der Waals surface area contributed by atoms with E-state index >= 15 is 0 Å². The Morgan fingerprint density at radius 2 is 2.17 bits per heavy atom. The minimum absolute atomic E-state index is 0.0509. The molecule has 0 spiro atoms. The van der Waals surface area contributed by atoms with Crippen molar-refractivity contribution in [3.8, 4) is 0 Å².